The number of nitrogens with zero attached hydrogens (tertiary/aromatic N) is 2. The number of hydrogen-bond acceptors (Lipinski definition) is 3. The maximum absolute atomic E-state index is 12.5. The zero-order valence-electron chi connectivity index (χ0n) is 13.3. The zero-order chi connectivity index (χ0) is 14.5. The van der Waals surface area contributed by atoms with Crippen LogP contribution in [0.4, 0.5) is 0 Å². The highest BCUT2D eigenvalue weighted by Gasteiger charge is 2.34. The summed E-state index contributed by atoms with van der Waals surface area (Å²) in [7, 11) is 1.76. The van der Waals surface area contributed by atoms with Crippen LogP contribution in [0.1, 0.15) is 46.0 Å². The average molecular weight is 282 g/mol. The normalized spacial score (nSPS) is 29.1. The minimum absolute atomic E-state index is 0.314. The van der Waals surface area contributed by atoms with Crippen molar-refractivity contribution >= 4 is 5.91 Å². The van der Waals surface area contributed by atoms with E-state index in [1.807, 2.05) is 0 Å². The Morgan fingerprint density at radius 2 is 1.75 bits per heavy atom. The summed E-state index contributed by atoms with van der Waals surface area (Å²) in [5.74, 6) is 0.729. The van der Waals surface area contributed by atoms with Gasteiger partial charge in [0.2, 0.25) is 5.91 Å². The highest BCUT2D eigenvalue weighted by molar-refractivity contribution is 5.79. The lowest BCUT2D eigenvalue weighted by molar-refractivity contribution is -0.139. The van der Waals surface area contributed by atoms with Gasteiger partial charge in [0.1, 0.15) is 0 Å². The van der Waals surface area contributed by atoms with Crippen LogP contribution in [0.15, 0.2) is 0 Å². The molecule has 116 valence electrons. The summed E-state index contributed by atoms with van der Waals surface area (Å²) in [6, 6.07) is 0.918. The Balaban J connectivity index is 1.86. The van der Waals surface area contributed by atoms with Gasteiger partial charge in [-0.15, -0.1) is 0 Å². The first-order valence-electron chi connectivity index (χ1n) is 8.17. The first-order chi connectivity index (χ1) is 9.63. The van der Waals surface area contributed by atoms with E-state index in [1.165, 1.54) is 12.8 Å². The molecule has 2 fully saturated rings. The zero-order valence-corrected chi connectivity index (χ0v) is 13.3. The van der Waals surface area contributed by atoms with Gasteiger partial charge in [0.15, 0.2) is 0 Å². The van der Waals surface area contributed by atoms with Crippen molar-refractivity contribution < 1.29 is 9.53 Å². The molecule has 0 N–H and O–H groups in total. The molecule has 0 aromatic heterocycles. The molecular weight excluding hydrogens is 252 g/mol. The monoisotopic (exact) mass is 282 g/mol. The van der Waals surface area contributed by atoms with Gasteiger partial charge in [0, 0.05) is 51.4 Å². The van der Waals surface area contributed by atoms with Crippen molar-refractivity contribution in [1.82, 2.24) is 9.80 Å². The van der Waals surface area contributed by atoms with Gasteiger partial charge in [-0.3, -0.25) is 9.69 Å². The molecule has 2 aliphatic rings. The van der Waals surface area contributed by atoms with Crippen LogP contribution in [-0.4, -0.2) is 61.1 Å². The maximum atomic E-state index is 12.5. The molecule has 2 unspecified atom stereocenters. The van der Waals surface area contributed by atoms with Crippen LogP contribution in [0.25, 0.3) is 0 Å². The van der Waals surface area contributed by atoms with Crippen molar-refractivity contribution in [2.24, 2.45) is 5.92 Å². The van der Waals surface area contributed by atoms with E-state index >= 15 is 0 Å². The lowest BCUT2D eigenvalue weighted by atomic mass is 10.0. The first kappa shape index (κ1) is 15.8. The summed E-state index contributed by atoms with van der Waals surface area (Å²) >= 11 is 0. The number of carbonyl (C=O) groups excluding carboxylic acids is 1. The Labute approximate surface area is 123 Å². The Kier molecular flexibility index (Phi) is 5.85. The number of ether oxygens (including phenoxy) is 1. The van der Waals surface area contributed by atoms with Crippen molar-refractivity contribution in [3.05, 3.63) is 0 Å². The fraction of sp³-hybridized carbons (Fsp3) is 0.938. The first-order valence-corrected chi connectivity index (χ1v) is 8.17. The number of carbonyl (C=O) groups is 1. The smallest absolute Gasteiger partial charge is 0.225 e. The van der Waals surface area contributed by atoms with Crippen molar-refractivity contribution in [2.75, 3.05) is 33.4 Å². The lowest BCUT2D eigenvalue weighted by Crippen LogP contribution is -2.59. The van der Waals surface area contributed by atoms with Crippen LogP contribution in [0.5, 0.6) is 0 Å². The largest absolute Gasteiger partial charge is 0.385 e. The van der Waals surface area contributed by atoms with E-state index in [-0.39, 0.29) is 0 Å². The molecule has 4 heteroatoms. The van der Waals surface area contributed by atoms with Gasteiger partial charge in [0.25, 0.3) is 0 Å². The second kappa shape index (κ2) is 7.41. The third kappa shape index (κ3) is 3.73. The van der Waals surface area contributed by atoms with Crippen molar-refractivity contribution in [3.8, 4) is 0 Å². The van der Waals surface area contributed by atoms with Crippen LogP contribution in [-0.2, 0) is 9.53 Å². The number of hydrogen-bond donors (Lipinski definition) is 0. The van der Waals surface area contributed by atoms with Gasteiger partial charge in [0.05, 0.1) is 0 Å². The fourth-order valence-corrected chi connectivity index (χ4v) is 3.80. The topological polar surface area (TPSA) is 32.8 Å². The molecule has 20 heavy (non-hydrogen) atoms. The molecule has 4 nitrogen and oxygen atoms in total. The van der Waals surface area contributed by atoms with E-state index in [4.69, 9.17) is 4.74 Å². The van der Waals surface area contributed by atoms with Crippen molar-refractivity contribution in [1.29, 1.82) is 0 Å². The molecule has 1 amide bonds. The standard InChI is InChI=1S/C16H30N2O2/c1-13-11-17(16(19)15-7-4-5-8-15)12-14(2)18(13)9-6-10-20-3/h13-15H,4-12H2,1-3H3. The van der Waals surface area contributed by atoms with Crippen molar-refractivity contribution in [3.63, 3.8) is 0 Å². The Bertz CT molecular complexity index is 304. The molecular formula is C16H30N2O2. The molecule has 0 spiro atoms. The van der Waals surface area contributed by atoms with Crippen LogP contribution < -0.4 is 0 Å². The van der Waals surface area contributed by atoms with Crippen LogP contribution in [0.2, 0.25) is 0 Å². The van der Waals surface area contributed by atoms with E-state index < -0.39 is 0 Å². The number of methoxy groups -OCH3 is 1. The Morgan fingerprint density at radius 3 is 2.30 bits per heavy atom. The highest BCUT2D eigenvalue weighted by atomic mass is 16.5. The summed E-state index contributed by atoms with van der Waals surface area (Å²) < 4.78 is 5.14. The third-order valence-corrected chi connectivity index (χ3v) is 4.88. The molecule has 1 heterocycles. The third-order valence-electron chi connectivity index (χ3n) is 4.88. The molecule has 0 aromatic rings. The van der Waals surface area contributed by atoms with Crippen LogP contribution in [0, 0.1) is 5.92 Å². The predicted molar refractivity (Wildman–Crippen MR) is 80.7 cm³/mol. The molecule has 2 atom stereocenters. The molecule has 0 radical (unpaired) electrons. The summed E-state index contributed by atoms with van der Waals surface area (Å²) in [4.78, 5) is 17.2. The second-order valence-corrected chi connectivity index (χ2v) is 6.51. The minimum Gasteiger partial charge on any atom is -0.385 e. The number of piperazine rings is 1. The Morgan fingerprint density at radius 1 is 1.15 bits per heavy atom. The van der Waals surface area contributed by atoms with E-state index in [0.29, 0.717) is 23.9 Å². The Hall–Kier alpha value is -0.610. The summed E-state index contributed by atoms with van der Waals surface area (Å²) in [5.41, 5.74) is 0. The number of amides is 1. The molecule has 0 aromatic carbocycles. The summed E-state index contributed by atoms with van der Waals surface area (Å²) in [5, 5.41) is 0. The second-order valence-electron chi connectivity index (χ2n) is 6.51. The van der Waals surface area contributed by atoms with Crippen LogP contribution in [0.3, 0.4) is 0 Å². The average Bonchev–Trinajstić information content (AvgIpc) is 2.95. The van der Waals surface area contributed by atoms with Crippen molar-refractivity contribution in [2.45, 2.75) is 58.0 Å². The lowest BCUT2D eigenvalue weighted by Gasteiger charge is -2.45. The quantitative estimate of drug-likeness (QED) is 0.724. The van der Waals surface area contributed by atoms with Gasteiger partial charge < -0.3 is 9.64 Å². The minimum atomic E-state index is 0.314. The molecule has 1 saturated heterocycles. The molecule has 1 aliphatic heterocycles. The SMILES string of the molecule is COCCCN1C(C)CN(C(=O)C2CCCC2)CC1C. The summed E-state index contributed by atoms with van der Waals surface area (Å²) in [6.45, 7) is 8.18. The maximum Gasteiger partial charge on any atom is 0.225 e. The van der Waals surface area contributed by atoms with Gasteiger partial charge in [-0.25, -0.2) is 0 Å². The predicted octanol–water partition coefficient (Wildman–Crippen LogP) is 2.13. The van der Waals surface area contributed by atoms with E-state index in [2.05, 4.69) is 23.6 Å². The van der Waals surface area contributed by atoms with Gasteiger partial charge >= 0.3 is 0 Å². The van der Waals surface area contributed by atoms with Crippen LogP contribution >= 0.6 is 0 Å². The number of rotatable bonds is 5. The van der Waals surface area contributed by atoms with Gasteiger partial charge in [-0.05, 0) is 33.1 Å². The van der Waals surface area contributed by atoms with Gasteiger partial charge in [-0.1, -0.05) is 12.8 Å². The molecule has 1 saturated carbocycles. The molecule has 1 aliphatic carbocycles. The summed E-state index contributed by atoms with van der Waals surface area (Å²) in [6.07, 6.45) is 5.75. The van der Waals surface area contributed by atoms with Gasteiger partial charge in [-0.2, -0.15) is 0 Å². The molecule has 2 rings (SSSR count). The van der Waals surface area contributed by atoms with E-state index in [0.717, 1.165) is 45.5 Å². The fourth-order valence-electron chi connectivity index (χ4n) is 3.80. The van der Waals surface area contributed by atoms with E-state index in [9.17, 15) is 4.79 Å². The highest BCUT2D eigenvalue weighted by Crippen LogP contribution is 2.28. The van der Waals surface area contributed by atoms with E-state index in [1.54, 1.807) is 7.11 Å². The molecule has 0 bridgehead atoms.